The fraction of sp³-hybridized carbons (Fsp3) is 0.111. The minimum atomic E-state index is -0.267. The number of terminal acetylenes is 1. The summed E-state index contributed by atoms with van der Waals surface area (Å²) >= 11 is -0.267. The minimum absolute atomic E-state index is 0.0704. The Balaban J connectivity index is 2.49. The molecule has 1 aromatic carbocycles. The first-order valence-electron chi connectivity index (χ1n) is 3.27. The van der Waals surface area contributed by atoms with Crippen LogP contribution in [0.2, 0.25) is 0 Å². The van der Waals surface area contributed by atoms with Gasteiger partial charge in [-0.05, 0) is 0 Å². The number of halogens is 1. The van der Waals surface area contributed by atoms with Gasteiger partial charge in [-0.25, -0.2) is 0 Å². The van der Waals surface area contributed by atoms with Crippen molar-refractivity contribution in [1.82, 2.24) is 0 Å². The van der Waals surface area contributed by atoms with E-state index in [0.717, 1.165) is 0 Å². The molecule has 1 atom stereocenters. The standard InChI is InChI=1S/C9H6IO/c1-2-9-7-5-3-4-6-8(7)10-11-9/h1,3-6,9H/q-1. The van der Waals surface area contributed by atoms with Crippen LogP contribution >= 0.6 is 0 Å². The van der Waals surface area contributed by atoms with Crippen LogP contribution in [-0.2, 0) is 3.07 Å². The fourth-order valence-corrected chi connectivity index (χ4v) is 3.03. The molecule has 0 spiro atoms. The van der Waals surface area contributed by atoms with Crippen molar-refractivity contribution in [2.24, 2.45) is 0 Å². The molecule has 0 amide bonds. The average Bonchev–Trinajstić information content (AvgIpc) is 2.47. The fourth-order valence-electron chi connectivity index (χ4n) is 1.01. The number of hydrogen-bond donors (Lipinski definition) is 0. The van der Waals surface area contributed by atoms with Gasteiger partial charge >= 0.3 is 76.5 Å². The SMILES string of the molecule is C#CC1O[I-]c2ccccc21. The molecule has 0 N–H and O–H groups in total. The monoisotopic (exact) mass is 257 g/mol. The summed E-state index contributed by atoms with van der Waals surface area (Å²) < 4.78 is 6.77. The van der Waals surface area contributed by atoms with Gasteiger partial charge in [-0.15, -0.1) is 0 Å². The van der Waals surface area contributed by atoms with E-state index in [9.17, 15) is 0 Å². The van der Waals surface area contributed by atoms with Crippen molar-refractivity contribution in [3.63, 3.8) is 0 Å². The van der Waals surface area contributed by atoms with E-state index < -0.39 is 0 Å². The molecule has 1 aromatic rings. The molecule has 1 unspecified atom stereocenters. The van der Waals surface area contributed by atoms with Gasteiger partial charge in [0.25, 0.3) is 0 Å². The van der Waals surface area contributed by atoms with E-state index in [1.54, 1.807) is 0 Å². The zero-order chi connectivity index (χ0) is 7.68. The van der Waals surface area contributed by atoms with Crippen molar-refractivity contribution in [3.8, 4) is 12.3 Å². The van der Waals surface area contributed by atoms with Crippen LogP contribution in [0, 0.1) is 15.9 Å². The summed E-state index contributed by atoms with van der Waals surface area (Å²) in [6.07, 6.45) is 5.22. The summed E-state index contributed by atoms with van der Waals surface area (Å²) in [4.78, 5) is 0. The number of rotatable bonds is 0. The molecular formula is C9H6IO-. The van der Waals surface area contributed by atoms with E-state index in [2.05, 4.69) is 12.0 Å². The first-order valence-corrected chi connectivity index (χ1v) is 5.23. The molecular weight excluding hydrogens is 251 g/mol. The van der Waals surface area contributed by atoms with E-state index >= 15 is 0 Å². The van der Waals surface area contributed by atoms with Gasteiger partial charge in [-0.2, -0.15) is 0 Å². The third-order valence-electron chi connectivity index (χ3n) is 1.56. The van der Waals surface area contributed by atoms with Crippen molar-refractivity contribution in [3.05, 3.63) is 33.4 Å². The van der Waals surface area contributed by atoms with E-state index in [4.69, 9.17) is 9.49 Å². The van der Waals surface area contributed by atoms with Gasteiger partial charge in [0.1, 0.15) is 0 Å². The maximum atomic E-state index is 5.45. The Kier molecular flexibility index (Phi) is 1.84. The van der Waals surface area contributed by atoms with Crippen LogP contribution < -0.4 is 21.6 Å². The third-order valence-corrected chi connectivity index (χ3v) is 3.78. The van der Waals surface area contributed by atoms with Gasteiger partial charge in [0, 0.05) is 0 Å². The summed E-state index contributed by atoms with van der Waals surface area (Å²) in [7, 11) is 0. The van der Waals surface area contributed by atoms with Crippen LogP contribution in [0.1, 0.15) is 11.7 Å². The molecule has 2 heteroatoms. The number of benzene rings is 1. The Morgan fingerprint density at radius 1 is 1.45 bits per heavy atom. The van der Waals surface area contributed by atoms with Crippen molar-refractivity contribution < 1.29 is 24.7 Å². The van der Waals surface area contributed by atoms with Crippen molar-refractivity contribution in [2.75, 3.05) is 0 Å². The van der Waals surface area contributed by atoms with Crippen molar-refractivity contribution in [1.29, 1.82) is 0 Å². The van der Waals surface area contributed by atoms with Crippen LogP contribution in [0.25, 0.3) is 0 Å². The predicted molar refractivity (Wildman–Crippen MR) is 37.8 cm³/mol. The van der Waals surface area contributed by atoms with Crippen LogP contribution in [0.5, 0.6) is 0 Å². The molecule has 11 heavy (non-hydrogen) atoms. The molecule has 56 valence electrons. The predicted octanol–water partition coefficient (Wildman–Crippen LogP) is -1.44. The summed E-state index contributed by atoms with van der Waals surface area (Å²) in [5.74, 6) is 2.63. The zero-order valence-corrected chi connectivity index (χ0v) is 7.91. The zero-order valence-electron chi connectivity index (χ0n) is 5.75. The molecule has 0 fully saturated rings. The maximum absolute atomic E-state index is 5.45. The Morgan fingerprint density at radius 2 is 2.27 bits per heavy atom. The van der Waals surface area contributed by atoms with Gasteiger partial charge in [-0.3, -0.25) is 0 Å². The second-order valence-electron chi connectivity index (χ2n) is 2.23. The number of hydrogen-bond acceptors (Lipinski definition) is 1. The van der Waals surface area contributed by atoms with Crippen LogP contribution in [0.3, 0.4) is 0 Å². The van der Waals surface area contributed by atoms with Gasteiger partial charge in [0.05, 0.1) is 0 Å². The third kappa shape index (κ3) is 1.15. The van der Waals surface area contributed by atoms with Gasteiger partial charge < -0.3 is 0 Å². The molecule has 1 aliphatic rings. The molecule has 0 bridgehead atoms. The van der Waals surface area contributed by atoms with Crippen LogP contribution in [0.15, 0.2) is 24.3 Å². The molecule has 1 nitrogen and oxygen atoms in total. The Hall–Kier alpha value is -0.530. The molecule has 1 heterocycles. The van der Waals surface area contributed by atoms with Gasteiger partial charge in [0.2, 0.25) is 0 Å². The quantitative estimate of drug-likeness (QED) is 0.409. The van der Waals surface area contributed by atoms with Crippen LogP contribution in [-0.4, -0.2) is 0 Å². The first-order chi connectivity index (χ1) is 5.42. The molecule has 0 saturated carbocycles. The van der Waals surface area contributed by atoms with Crippen molar-refractivity contribution in [2.45, 2.75) is 6.10 Å². The summed E-state index contributed by atoms with van der Waals surface area (Å²) in [6, 6.07) is 8.18. The topological polar surface area (TPSA) is 9.23 Å². The van der Waals surface area contributed by atoms with E-state index in [1.165, 1.54) is 9.13 Å². The Bertz CT molecular complexity index is 314. The summed E-state index contributed by atoms with van der Waals surface area (Å²) in [5.41, 5.74) is 1.20. The summed E-state index contributed by atoms with van der Waals surface area (Å²) in [5, 5.41) is 0. The van der Waals surface area contributed by atoms with E-state index in [0.29, 0.717) is 0 Å². The number of fused-ring (bicyclic) bond motifs is 1. The molecule has 2 rings (SSSR count). The Labute approximate surface area is 76.6 Å². The molecule has 0 aliphatic carbocycles. The van der Waals surface area contributed by atoms with Crippen LogP contribution in [0.4, 0.5) is 0 Å². The summed E-state index contributed by atoms with van der Waals surface area (Å²) in [6.45, 7) is 0. The average molecular weight is 257 g/mol. The Morgan fingerprint density at radius 3 is 3.09 bits per heavy atom. The molecule has 0 saturated heterocycles. The van der Waals surface area contributed by atoms with E-state index in [1.807, 2.05) is 18.2 Å². The van der Waals surface area contributed by atoms with Gasteiger partial charge in [0.15, 0.2) is 0 Å². The second-order valence-corrected chi connectivity index (χ2v) is 4.35. The van der Waals surface area contributed by atoms with E-state index in [-0.39, 0.29) is 27.7 Å². The molecule has 0 aromatic heterocycles. The normalized spacial score (nSPS) is 21.5. The first kappa shape index (κ1) is 7.14. The second kappa shape index (κ2) is 2.84. The van der Waals surface area contributed by atoms with Crippen molar-refractivity contribution >= 4 is 0 Å². The molecule has 1 aliphatic heterocycles. The molecule has 0 radical (unpaired) electrons. The van der Waals surface area contributed by atoms with Gasteiger partial charge in [-0.1, -0.05) is 0 Å².